The molecule has 0 aliphatic rings. The third-order valence-corrected chi connectivity index (χ3v) is 2.20. The second kappa shape index (κ2) is 6.08. The van der Waals surface area contributed by atoms with Gasteiger partial charge in [0.15, 0.2) is 6.10 Å². The van der Waals surface area contributed by atoms with E-state index in [1.165, 1.54) is 18.2 Å². The van der Waals surface area contributed by atoms with Crippen LogP contribution in [0.5, 0.6) is 5.75 Å². The number of hydrogen-bond donors (Lipinski definition) is 2. The van der Waals surface area contributed by atoms with Gasteiger partial charge in [0.1, 0.15) is 11.6 Å². The van der Waals surface area contributed by atoms with Crippen molar-refractivity contribution in [2.45, 2.75) is 26.4 Å². The zero-order valence-electron chi connectivity index (χ0n) is 10.00. The number of carbonyl (C=O) groups excluding carboxylic acids is 1. The fraction of sp³-hybridized carbons (Fsp3) is 0.417. The number of carbonyl (C=O) groups is 1. The van der Waals surface area contributed by atoms with E-state index in [0.29, 0.717) is 6.54 Å². The van der Waals surface area contributed by atoms with Crippen LogP contribution in [0.4, 0.5) is 10.1 Å². The molecule has 94 valence electrons. The van der Waals surface area contributed by atoms with Gasteiger partial charge in [0.05, 0.1) is 5.69 Å². The van der Waals surface area contributed by atoms with E-state index in [0.717, 1.165) is 6.42 Å². The van der Waals surface area contributed by atoms with Gasteiger partial charge >= 0.3 is 0 Å². The number of benzene rings is 1. The maximum absolute atomic E-state index is 13.1. The first kappa shape index (κ1) is 13.3. The van der Waals surface area contributed by atoms with Crippen molar-refractivity contribution in [3.05, 3.63) is 24.0 Å². The zero-order chi connectivity index (χ0) is 12.8. The van der Waals surface area contributed by atoms with Gasteiger partial charge in [-0.3, -0.25) is 4.79 Å². The predicted octanol–water partition coefficient (Wildman–Crippen LogP) is 1.70. The van der Waals surface area contributed by atoms with Crippen molar-refractivity contribution >= 4 is 11.6 Å². The average molecular weight is 240 g/mol. The van der Waals surface area contributed by atoms with Crippen LogP contribution in [-0.2, 0) is 4.79 Å². The van der Waals surface area contributed by atoms with Gasteiger partial charge in [-0.05, 0) is 25.5 Å². The Morgan fingerprint density at radius 3 is 2.88 bits per heavy atom. The number of ether oxygens (including phenoxy) is 1. The Bertz CT molecular complexity index is 396. The summed E-state index contributed by atoms with van der Waals surface area (Å²) in [5.41, 5.74) is 5.39. The van der Waals surface area contributed by atoms with Gasteiger partial charge in [-0.2, -0.15) is 0 Å². The second-order valence-corrected chi connectivity index (χ2v) is 3.73. The second-order valence-electron chi connectivity index (χ2n) is 3.73. The number of halogens is 1. The summed E-state index contributed by atoms with van der Waals surface area (Å²) in [6.45, 7) is 4.17. The van der Waals surface area contributed by atoms with Crippen molar-refractivity contribution in [1.29, 1.82) is 0 Å². The first-order valence-electron chi connectivity index (χ1n) is 5.54. The Balaban J connectivity index is 2.58. The van der Waals surface area contributed by atoms with Gasteiger partial charge in [-0.25, -0.2) is 4.39 Å². The molecule has 0 bridgehead atoms. The van der Waals surface area contributed by atoms with Crippen molar-refractivity contribution < 1.29 is 13.9 Å². The van der Waals surface area contributed by atoms with E-state index in [2.05, 4.69) is 5.32 Å². The molecule has 4 nitrogen and oxygen atoms in total. The van der Waals surface area contributed by atoms with Crippen molar-refractivity contribution in [2.24, 2.45) is 0 Å². The Hall–Kier alpha value is -1.78. The summed E-state index contributed by atoms with van der Waals surface area (Å²) in [4.78, 5) is 11.5. The summed E-state index contributed by atoms with van der Waals surface area (Å²) < 4.78 is 18.4. The highest BCUT2D eigenvalue weighted by atomic mass is 19.1. The molecule has 0 aliphatic carbocycles. The maximum atomic E-state index is 13.1. The van der Waals surface area contributed by atoms with E-state index >= 15 is 0 Å². The third-order valence-electron chi connectivity index (χ3n) is 2.20. The quantitative estimate of drug-likeness (QED) is 0.770. The molecule has 5 heteroatoms. The van der Waals surface area contributed by atoms with Crippen LogP contribution in [0.3, 0.4) is 0 Å². The molecule has 0 heterocycles. The van der Waals surface area contributed by atoms with E-state index in [4.69, 9.17) is 10.5 Å². The van der Waals surface area contributed by atoms with Gasteiger partial charge < -0.3 is 15.8 Å². The van der Waals surface area contributed by atoms with Crippen LogP contribution < -0.4 is 15.8 Å². The summed E-state index contributed by atoms with van der Waals surface area (Å²) in [5, 5.41) is 2.70. The van der Waals surface area contributed by atoms with Crippen LogP contribution in [0.1, 0.15) is 20.3 Å². The number of hydrogen-bond acceptors (Lipinski definition) is 3. The molecule has 17 heavy (non-hydrogen) atoms. The van der Waals surface area contributed by atoms with Crippen LogP contribution >= 0.6 is 0 Å². The maximum Gasteiger partial charge on any atom is 0.260 e. The van der Waals surface area contributed by atoms with E-state index in [-0.39, 0.29) is 17.3 Å². The number of amides is 1. The molecule has 1 rings (SSSR count). The fourth-order valence-electron chi connectivity index (χ4n) is 1.23. The largest absolute Gasteiger partial charge is 0.481 e. The fourth-order valence-corrected chi connectivity index (χ4v) is 1.23. The molecule has 1 atom stereocenters. The molecular formula is C12H17FN2O2. The van der Waals surface area contributed by atoms with Crippen LogP contribution in [-0.4, -0.2) is 18.6 Å². The van der Waals surface area contributed by atoms with Gasteiger partial charge in [0.25, 0.3) is 5.91 Å². The van der Waals surface area contributed by atoms with E-state index < -0.39 is 11.9 Å². The van der Waals surface area contributed by atoms with Gasteiger partial charge in [0.2, 0.25) is 0 Å². The molecule has 0 saturated carbocycles. The van der Waals surface area contributed by atoms with Crippen LogP contribution in [0.2, 0.25) is 0 Å². The topological polar surface area (TPSA) is 64.3 Å². The predicted molar refractivity (Wildman–Crippen MR) is 64.2 cm³/mol. The third kappa shape index (κ3) is 3.94. The Kier molecular flexibility index (Phi) is 4.75. The number of nitrogens with one attached hydrogen (secondary N) is 1. The standard InChI is InChI=1S/C12H17FN2O2/c1-3-6-15-12(16)8(2)17-9-4-5-11(14)10(13)7-9/h4-5,7-8H,3,6,14H2,1-2H3,(H,15,16). The minimum Gasteiger partial charge on any atom is -0.481 e. The molecule has 0 aromatic heterocycles. The van der Waals surface area contributed by atoms with Crippen LogP contribution in [0.25, 0.3) is 0 Å². The highest BCUT2D eigenvalue weighted by molar-refractivity contribution is 5.80. The van der Waals surface area contributed by atoms with Crippen molar-refractivity contribution in [3.63, 3.8) is 0 Å². The molecule has 1 amide bonds. The normalized spacial score (nSPS) is 11.9. The molecule has 0 saturated heterocycles. The van der Waals surface area contributed by atoms with Gasteiger partial charge in [0, 0.05) is 12.6 Å². The van der Waals surface area contributed by atoms with Crippen molar-refractivity contribution in [2.75, 3.05) is 12.3 Å². The van der Waals surface area contributed by atoms with Gasteiger partial charge in [-0.15, -0.1) is 0 Å². The van der Waals surface area contributed by atoms with Crippen LogP contribution in [0.15, 0.2) is 18.2 Å². The summed E-state index contributed by atoms with van der Waals surface area (Å²) >= 11 is 0. The lowest BCUT2D eigenvalue weighted by molar-refractivity contribution is -0.127. The number of rotatable bonds is 5. The molecule has 0 fully saturated rings. The average Bonchev–Trinajstić information content (AvgIpc) is 2.30. The first-order chi connectivity index (χ1) is 8.04. The molecule has 0 spiro atoms. The van der Waals surface area contributed by atoms with E-state index in [1.54, 1.807) is 6.92 Å². The highest BCUT2D eigenvalue weighted by Gasteiger charge is 2.14. The number of nitrogens with two attached hydrogens (primary N) is 1. The molecule has 3 N–H and O–H groups in total. The summed E-state index contributed by atoms with van der Waals surface area (Å²) in [7, 11) is 0. The molecule has 0 radical (unpaired) electrons. The van der Waals surface area contributed by atoms with Crippen LogP contribution in [0, 0.1) is 5.82 Å². The Morgan fingerprint density at radius 1 is 1.59 bits per heavy atom. The summed E-state index contributed by atoms with van der Waals surface area (Å²) in [6, 6.07) is 4.10. The Labute approximate surface area is 100.0 Å². The van der Waals surface area contributed by atoms with Crippen molar-refractivity contribution in [3.8, 4) is 5.75 Å². The molecular weight excluding hydrogens is 223 g/mol. The Morgan fingerprint density at radius 2 is 2.29 bits per heavy atom. The monoisotopic (exact) mass is 240 g/mol. The van der Waals surface area contributed by atoms with Gasteiger partial charge in [-0.1, -0.05) is 6.92 Å². The van der Waals surface area contributed by atoms with E-state index in [1.807, 2.05) is 6.92 Å². The molecule has 1 unspecified atom stereocenters. The smallest absolute Gasteiger partial charge is 0.260 e. The first-order valence-corrected chi connectivity index (χ1v) is 5.54. The summed E-state index contributed by atoms with van der Waals surface area (Å²) in [5.74, 6) is -0.483. The number of anilines is 1. The van der Waals surface area contributed by atoms with Crippen molar-refractivity contribution in [1.82, 2.24) is 5.32 Å². The zero-order valence-corrected chi connectivity index (χ0v) is 10.00. The highest BCUT2D eigenvalue weighted by Crippen LogP contribution is 2.18. The lowest BCUT2D eigenvalue weighted by atomic mass is 10.3. The number of nitrogen functional groups attached to an aromatic ring is 1. The summed E-state index contributed by atoms with van der Waals surface area (Å²) in [6.07, 6.45) is 0.194. The lowest BCUT2D eigenvalue weighted by Crippen LogP contribution is -2.36. The van der Waals surface area contributed by atoms with E-state index in [9.17, 15) is 9.18 Å². The minimum absolute atomic E-state index is 0.0560. The minimum atomic E-state index is -0.662. The SMILES string of the molecule is CCCNC(=O)C(C)Oc1ccc(N)c(F)c1. The lowest BCUT2D eigenvalue weighted by Gasteiger charge is -2.14. The molecule has 1 aromatic carbocycles. The molecule has 0 aliphatic heterocycles. The molecule has 1 aromatic rings.